The topological polar surface area (TPSA) is 49.3 Å². The van der Waals surface area contributed by atoms with Crippen molar-refractivity contribution in [2.24, 2.45) is 11.8 Å². The Hall–Kier alpha value is -0.780. The summed E-state index contributed by atoms with van der Waals surface area (Å²) in [7, 11) is 0. The molecule has 0 radical (unpaired) electrons. The molecule has 0 heterocycles. The third kappa shape index (κ3) is 4.48. The summed E-state index contributed by atoms with van der Waals surface area (Å²) in [5, 5.41) is 11.4. The Morgan fingerprint density at radius 1 is 1.33 bits per heavy atom. The maximum Gasteiger partial charge on any atom is 0.391 e. The monoisotopic (exact) mass is 267 g/mol. The molecule has 6 heteroatoms. The van der Waals surface area contributed by atoms with E-state index in [-0.39, 0.29) is 37.3 Å². The molecule has 1 unspecified atom stereocenters. The van der Waals surface area contributed by atoms with Gasteiger partial charge in [0.05, 0.1) is 5.92 Å². The smallest absolute Gasteiger partial charge is 0.391 e. The second-order valence-corrected chi connectivity index (χ2v) is 5.01. The quantitative estimate of drug-likeness (QED) is 0.820. The van der Waals surface area contributed by atoms with Crippen molar-refractivity contribution in [3.63, 3.8) is 0 Å². The van der Waals surface area contributed by atoms with Gasteiger partial charge in [0.15, 0.2) is 0 Å². The Labute approximate surface area is 105 Å². The summed E-state index contributed by atoms with van der Waals surface area (Å²) in [6.45, 7) is 1.76. The third-order valence-electron chi connectivity index (χ3n) is 3.51. The Kier molecular flexibility index (Phi) is 5.44. The number of aliphatic hydroxyl groups is 1. The zero-order valence-corrected chi connectivity index (χ0v) is 10.5. The molecule has 1 rings (SSSR count). The number of rotatable bonds is 4. The fourth-order valence-electron chi connectivity index (χ4n) is 2.31. The van der Waals surface area contributed by atoms with Gasteiger partial charge in [0.25, 0.3) is 0 Å². The second-order valence-electron chi connectivity index (χ2n) is 5.01. The van der Waals surface area contributed by atoms with Gasteiger partial charge in [0.1, 0.15) is 0 Å². The summed E-state index contributed by atoms with van der Waals surface area (Å²) < 4.78 is 37.4. The highest BCUT2D eigenvalue weighted by atomic mass is 19.4. The molecule has 2 N–H and O–H groups in total. The van der Waals surface area contributed by atoms with Crippen LogP contribution in [0.1, 0.15) is 39.0 Å². The summed E-state index contributed by atoms with van der Waals surface area (Å²) in [4.78, 5) is 11.8. The van der Waals surface area contributed by atoms with Crippen LogP contribution in [0.4, 0.5) is 13.2 Å². The summed E-state index contributed by atoms with van der Waals surface area (Å²) in [5.74, 6) is -1.75. The van der Waals surface area contributed by atoms with E-state index < -0.39 is 12.1 Å². The van der Waals surface area contributed by atoms with Crippen LogP contribution in [0.15, 0.2) is 0 Å². The number of carbonyl (C=O) groups excluding carboxylic acids is 1. The van der Waals surface area contributed by atoms with E-state index in [2.05, 4.69) is 5.32 Å². The van der Waals surface area contributed by atoms with Gasteiger partial charge in [-0.3, -0.25) is 4.79 Å². The zero-order chi connectivity index (χ0) is 13.8. The highest BCUT2D eigenvalue weighted by molar-refractivity contribution is 5.78. The predicted molar refractivity (Wildman–Crippen MR) is 60.8 cm³/mol. The molecule has 0 saturated heterocycles. The zero-order valence-electron chi connectivity index (χ0n) is 10.5. The third-order valence-corrected chi connectivity index (χ3v) is 3.51. The molecule has 1 saturated carbocycles. The van der Waals surface area contributed by atoms with Gasteiger partial charge in [-0.2, -0.15) is 13.2 Å². The van der Waals surface area contributed by atoms with Crippen LogP contribution in [-0.4, -0.2) is 29.8 Å². The van der Waals surface area contributed by atoms with E-state index in [0.29, 0.717) is 19.3 Å². The van der Waals surface area contributed by atoms with Crippen LogP contribution in [0.2, 0.25) is 0 Å². The van der Waals surface area contributed by atoms with Crippen molar-refractivity contribution in [2.45, 2.75) is 51.2 Å². The van der Waals surface area contributed by atoms with Crippen molar-refractivity contribution in [1.82, 2.24) is 5.32 Å². The number of nitrogens with one attached hydrogen (secondary N) is 1. The van der Waals surface area contributed by atoms with Gasteiger partial charge in [-0.15, -0.1) is 0 Å². The van der Waals surface area contributed by atoms with E-state index in [0.717, 1.165) is 0 Å². The Balaban J connectivity index is 2.36. The molecule has 0 bridgehead atoms. The van der Waals surface area contributed by atoms with Gasteiger partial charge in [-0.25, -0.2) is 0 Å². The van der Waals surface area contributed by atoms with E-state index in [9.17, 15) is 18.0 Å². The largest absolute Gasteiger partial charge is 0.396 e. The van der Waals surface area contributed by atoms with Crippen molar-refractivity contribution in [3.05, 3.63) is 0 Å². The Morgan fingerprint density at radius 3 is 2.33 bits per heavy atom. The molecule has 1 fully saturated rings. The lowest BCUT2D eigenvalue weighted by Crippen LogP contribution is -2.40. The van der Waals surface area contributed by atoms with Crippen LogP contribution >= 0.6 is 0 Å². The fourth-order valence-corrected chi connectivity index (χ4v) is 2.31. The minimum atomic E-state index is -4.13. The average molecular weight is 267 g/mol. The molecular formula is C12H20F3NO2. The van der Waals surface area contributed by atoms with Crippen LogP contribution in [0, 0.1) is 11.8 Å². The van der Waals surface area contributed by atoms with E-state index in [1.54, 1.807) is 6.92 Å². The second kappa shape index (κ2) is 6.41. The predicted octanol–water partition coefficient (Wildman–Crippen LogP) is 2.24. The number of hydrogen-bond donors (Lipinski definition) is 2. The first-order valence-corrected chi connectivity index (χ1v) is 6.32. The van der Waals surface area contributed by atoms with Crippen molar-refractivity contribution in [1.29, 1.82) is 0 Å². The van der Waals surface area contributed by atoms with Crippen molar-refractivity contribution in [2.75, 3.05) is 6.61 Å². The van der Waals surface area contributed by atoms with Gasteiger partial charge < -0.3 is 10.4 Å². The molecule has 0 aromatic heterocycles. The summed E-state index contributed by atoms with van der Waals surface area (Å²) in [6, 6.07) is -0.136. The average Bonchev–Trinajstić information content (AvgIpc) is 2.28. The Bertz CT molecular complexity index is 273. The summed E-state index contributed by atoms with van der Waals surface area (Å²) in [5.41, 5.74) is 0. The molecule has 3 nitrogen and oxygen atoms in total. The summed E-state index contributed by atoms with van der Waals surface area (Å²) in [6.07, 6.45) is -3.01. The number of carbonyl (C=O) groups is 1. The molecule has 1 aliphatic rings. The number of amides is 1. The normalized spacial score (nSPS) is 26.7. The van der Waals surface area contributed by atoms with Crippen molar-refractivity contribution < 1.29 is 23.1 Å². The van der Waals surface area contributed by atoms with Gasteiger partial charge in [-0.1, -0.05) is 0 Å². The Morgan fingerprint density at radius 2 is 1.89 bits per heavy atom. The van der Waals surface area contributed by atoms with Gasteiger partial charge in [-0.05, 0) is 39.0 Å². The molecule has 0 aromatic carbocycles. The number of aliphatic hydroxyl groups excluding tert-OH is 1. The van der Waals surface area contributed by atoms with E-state index >= 15 is 0 Å². The minimum absolute atomic E-state index is 0.0116. The number of halogens is 3. The van der Waals surface area contributed by atoms with Crippen LogP contribution in [-0.2, 0) is 4.79 Å². The summed E-state index contributed by atoms with van der Waals surface area (Å²) >= 11 is 0. The molecule has 0 spiro atoms. The highest BCUT2D eigenvalue weighted by Crippen LogP contribution is 2.39. The molecule has 0 aliphatic heterocycles. The van der Waals surface area contributed by atoms with Crippen molar-refractivity contribution in [3.8, 4) is 0 Å². The molecule has 1 aliphatic carbocycles. The molecule has 1 atom stereocenters. The minimum Gasteiger partial charge on any atom is -0.396 e. The van der Waals surface area contributed by atoms with Crippen LogP contribution < -0.4 is 5.32 Å². The van der Waals surface area contributed by atoms with Crippen molar-refractivity contribution >= 4 is 5.91 Å². The first-order valence-electron chi connectivity index (χ1n) is 6.32. The van der Waals surface area contributed by atoms with Crippen LogP contribution in [0.3, 0.4) is 0 Å². The lowest BCUT2D eigenvalue weighted by molar-refractivity contribution is -0.184. The van der Waals surface area contributed by atoms with E-state index in [1.807, 2.05) is 0 Å². The molecule has 106 valence electrons. The fraction of sp³-hybridized carbons (Fsp3) is 0.917. The van der Waals surface area contributed by atoms with Gasteiger partial charge >= 0.3 is 6.18 Å². The molecule has 18 heavy (non-hydrogen) atoms. The highest BCUT2D eigenvalue weighted by Gasteiger charge is 2.42. The van der Waals surface area contributed by atoms with Crippen LogP contribution in [0.5, 0.6) is 0 Å². The van der Waals surface area contributed by atoms with Gasteiger partial charge in [0.2, 0.25) is 5.91 Å². The molecule has 1 amide bonds. The van der Waals surface area contributed by atoms with Gasteiger partial charge in [0, 0.05) is 18.6 Å². The van der Waals surface area contributed by atoms with E-state index in [4.69, 9.17) is 5.11 Å². The first-order chi connectivity index (χ1) is 8.34. The SMILES string of the molecule is CC(CCO)NC(=O)C1CCC(C(F)(F)F)CC1. The lowest BCUT2D eigenvalue weighted by Gasteiger charge is -2.29. The molecular weight excluding hydrogens is 247 g/mol. The van der Waals surface area contributed by atoms with Crippen LogP contribution in [0.25, 0.3) is 0 Å². The first kappa shape index (κ1) is 15.3. The maximum atomic E-state index is 12.5. The standard InChI is InChI=1S/C12H20F3NO2/c1-8(6-7-17)16-11(18)9-2-4-10(5-3-9)12(13,14)15/h8-10,17H,2-7H2,1H3,(H,16,18). The molecule has 0 aromatic rings. The maximum absolute atomic E-state index is 12.5. The number of hydrogen-bond acceptors (Lipinski definition) is 2. The number of alkyl halides is 3. The lowest BCUT2D eigenvalue weighted by atomic mass is 9.81. The van der Waals surface area contributed by atoms with E-state index in [1.165, 1.54) is 0 Å².